The number of terminal acetylenes is 1. The SMILES string of the molecule is C#CCC(=O)c1cc(F)c(F)c(F)c1. The molecule has 0 atom stereocenters. The van der Waals surface area contributed by atoms with E-state index in [1.807, 2.05) is 5.92 Å². The molecule has 72 valence electrons. The number of rotatable bonds is 2. The number of halogens is 3. The maximum Gasteiger partial charge on any atom is 0.194 e. The van der Waals surface area contributed by atoms with Crippen molar-refractivity contribution in [1.29, 1.82) is 0 Å². The highest BCUT2D eigenvalue weighted by molar-refractivity contribution is 5.97. The molecule has 0 bridgehead atoms. The van der Waals surface area contributed by atoms with Gasteiger partial charge in [0.25, 0.3) is 0 Å². The van der Waals surface area contributed by atoms with Gasteiger partial charge in [0, 0.05) is 5.56 Å². The maximum atomic E-state index is 12.6. The Morgan fingerprint density at radius 3 is 2.21 bits per heavy atom. The van der Waals surface area contributed by atoms with Crippen LogP contribution in [0.2, 0.25) is 0 Å². The Bertz CT molecular complexity index is 395. The topological polar surface area (TPSA) is 17.1 Å². The molecule has 4 heteroatoms. The number of carbonyl (C=O) groups excluding carboxylic acids is 1. The molecule has 0 saturated heterocycles. The van der Waals surface area contributed by atoms with Gasteiger partial charge in [0.15, 0.2) is 23.2 Å². The van der Waals surface area contributed by atoms with Crippen molar-refractivity contribution in [2.75, 3.05) is 0 Å². The van der Waals surface area contributed by atoms with Gasteiger partial charge < -0.3 is 0 Å². The van der Waals surface area contributed by atoms with Crippen molar-refractivity contribution in [3.05, 3.63) is 35.1 Å². The molecule has 0 saturated carbocycles. The third-order valence-corrected chi connectivity index (χ3v) is 1.57. The fourth-order valence-corrected chi connectivity index (χ4v) is 0.911. The highest BCUT2D eigenvalue weighted by Gasteiger charge is 2.13. The van der Waals surface area contributed by atoms with Crippen molar-refractivity contribution < 1.29 is 18.0 Å². The van der Waals surface area contributed by atoms with E-state index in [4.69, 9.17) is 6.42 Å². The molecule has 1 nitrogen and oxygen atoms in total. The molecule has 0 aliphatic heterocycles. The molecule has 1 rings (SSSR count). The summed E-state index contributed by atoms with van der Waals surface area (Å²) in [6, 6.07) is 1.25. The molecular weight excluding hydrogens is 193 g/mol. The molecule has 0 radical (unpaired) electrons. The van der Waals surface area contributed by atoms with Crippen LogP contribution in [0.1, 0.15) is 16.8 Å². The van der Waals surface area contributed by atoms with E-state index in [0.717, 1.165) is 0 Å². The number of hydrogen-bond acceptors (Lipinski definition) is 1. The van der Waals surface area contributed by atoms with Gasteiger partial charge in [0.1, 0.15) is 0 Å². The molecule has 0 aliphatic carbocycles. The normalized spacial score (nSPS) is 9.57. The fourth-order valence-electron chi connectivity index (χ4n) is 0.911. The Balaban J connectivity index is 3.14. The zero-order chi connectivity index (χ0) is 10.7. The summed E-state index contributed by atoms with van der Waals surface area (Å²) in [4.78, 5) is 11.1. The smallest absolute Gasteiger partial charge is 0.194 e. The van der Waals surface area contributed by atoms with Gasteiger partial charge in [0.2, 0.25) is 0 Å². The fraction of sp³-hybridized carbons (Fsp3) is 0.100. The van der Waals surface area contributed by atoms with Crippen molar-refractivity contribution in [2.45, 2.75) is 6.42 Å². The van der Waals surface area contributed by atoms with E-state index < -0.39 is 23.2 Å². The van der Waals surface area contributed by atoms with Gasteiger partial charge in [-0.2, -0.15) is 0 Å². The molecule has 0 aromatic heterocycles. The first kappa shape index (κ1) is 10.3. The molecule has 0 N–H and O–H groups in total. The van der Waals surface area contributed by atoms with Crippen molar-refractivity contribution in [2.24, 2.45) is 0 Å². The highest BCUT2D eigenvalue weighted by atomic mass is 19.2. The standard InChI is InChI=1S/C10H5F3O/c1-2-3-9(14)6-4-7(11)10(13)8(12)5-6/h1,4-5H,3H2. The van der Waals surface area contributed by atoms with Crippen LogP contribution in [-0.4, -0.2) is 5.78 Å². The first-order valence-corrected chi connectivity index (χ1v) is 3.67. The van der Waals surface area contributed by atoms with Crippen LogP contribution in [0.5, 0.6) is 0 Å². The Kier molecular flexibility index (Phi) is 2.92. The number of hydrogen-bond donors (Lipinski definition) is 0. The average molecular weight is 198 g/mol. The van der Waals surface area contributed by atoms with Crippen LogP contribution >= 0.6 is 0 Å². The minimum Gasteiger partial charge on any atom is -0.293 e. The molecule has 1 aromatic rings. The minimum absolute atomic E-state index is 0.264. The third kappa shape index (κ3) is 1.94. The largest absolute Gasteiger partial charge is 0.293 e. The first-order chi connectivity index (χ1) is 6.56. The summed E-state index contributed by atoms with van der Waals surface area (Å²) in [5, 5.41) is 0. The maximum absolute atomic E-state index is 12.6. The molecule has 0 unspecified atom stereocenters. The summed E-state index contributed by atoms with van der Waals surface area (Å²) in [6.45, 7) is 0. The summed E-state index contributed by atoms with van der Waals surface area (Å²) in [7, 11) is 0. The van der Waals surface area contributed by atoms with Crippen molar-refractivity contribution in [3.8, 4) is 12.3 Å². The van der Waals surface area contributed by atoms with E-state index in [-0.39, 0.29) is 12.0 Å². The average Bonchev–Trinajstić information content (AvgIpc) is 2.13. The number of ketones is 1. The number of Topliss-reactive ketones (excluding diaryl/α,β-unsaturated/α-hetero) is 1. The van der Waals surface area contributed by atoms with E-state index in [1.165, 1.54) is 0 Å². The lowest BCUT2D eigenvalue weighted by molar-refractivity contribution is 0.0997. The lowest BCUT2D eigenvalue weighted by Gasteiger charge is -1.99. The van der Waals surface area contributed by atoms with E-state index in [0.29, 0.717) is 12.1 Å². The van der Waals surface area contributed by atoms with Crippen LogP contribution in [0.25, 0.3) is 0 Å². The second-order valence-corrected chi connectivity index (χ2v) is 2.56. The van der Waals surface area contributed by atoms with Gasteiger partial charge in [-0.1, -0.05) is 5.92 Å². The molecule has 0 aliphatic rings. The summed E-state index contributed by atoms with van der Waals surface area (Å²) in [5.74, 6) is -2.98. The van der Waals surface area contributed by atoms with E-state index in [2.05, 4.69) is 0 Å². The summed E-state index contributed by atoms with van der Waals surface area (Å²) < 4.78 is 37.7. The first-order valence-electron chi connectivity index (χ1n) is 3.67. The van der Waals surface area contributed by atoms with E-state index in [1.54, 1.807) is 0 Å². The lowest BCUT2D eigenvalue weighted by atomic mass is 10.1. The van der Waals surface area contributed by atoms with E-state index in [9.17, 15) is 18.0 Å². The molecule has 0 heterocycles. The van der Waals surface area contributed by atoms with Crippen LogP contribution in [0.15, 0.2) is 12.1 Å². The molecular formula is C10H5F3O. The third-order valence-electron chi connectivity index (χ3n) is 1.57. The summed E-state index contributed by atoms with van der Waals surface area (Å²) in [5.41, 5.74) is -0.264. The van der Waals surface area contributed by atoms with Gasteiger partial charge >= 0.3 is 0 Å². The quantitative estimate of drug-likeness (QED) is 0.405. The lowest BCUT2D eigenvalue weighted by Crippen LogP contribution is -2.01. The molecule has 1 aromatic carbocycles. The van der Waals surface area contributed by atoms with Crippen LogP contribution in [-0.2, 0) is 0 Å². The van der Waals surface area contributed by atoms with Crippen LogP contribution < -0.4 is 0 Å². The summed E-state index contributed by atoms with van der Waals surface area (Å²) in [6.07, 6.45) is 4.57. The van der Waals surface area contributed by atoms with Gasteiger partial charge in [-0.25, -0.2) is 13.2 Å². The van der Waals surface area contributed by atoms with Crippen LogP contribution in [0.4, 0.5) is 13.2 Å². The van der Waals surface area contributed by atoms with Crippen molar-refractivity contribution in [3.63, 3.8) is 0 Å². The Morgan fingerprint density at radius 2 is 1.79 bits per heavy atom. The molecule has 0 amide bonds. The Hall–Kier alpha value is -1.76. The molecule has 0 spiro atoms. The van der Waals surface area contributed by atoms with Crippen molar-refractivity contribution >= 4 is 5.78 Å². The highest BCUT2D eigenvalue weighted by Crippen LogP contribution is 2.14. The molecule has 14 heavy (non-hydrogen) atoms. The van der Waals surface area contributed by atoms with Gasteiger partial charge in [0.05, 0.1) is 6.42 Å². The van der Waals surface area contributed by atoms with Gasteiger partial charge in [-0.05, 0) is 12.1 Å². The zero-order valence-corrected chi connectivity index (χ0v) is 6.98. The predicted octanol–water partition coefficient (Wildman–Crippen LogP) is 2.31. The monoisotopic (exact) mass is 198 g/mol. The van der Waals surface area contributed by atoms with Crippen LogP contribution in [0, 0.1) is 29.8 Å². The Morgan fingerprint density at radius 1 is 1.29 bits per heavy atom. The van der Waals surface area contributed by atoms with Gasteiger partial charge in [-0.3, -0.25) is 4.79 Å². The summed E-state index contributed by atoms with van der Waals surface area (Å²) >= 11 is 0. The van der Waals surface area contributed by atoms with Gasteiger partial charge in [-0.15, -0.1) is 6.42 Å². The predicted molar refractivity (Wildman–Crippen MR) is 44.1 cm³/mol. The second kappa shape index (κ2) is 3.97. The van der Waals surface area contributed by atoms with Crippen LogP contribution in [0.3, 0.4) is 0 Å². The molecule has 0 fully saturated rings. The second-order valence-electron chi connectivity index (χ2n) is 2.56. The van der Waals surface area contributed by atoms with E-state index >= 15 is 0 Å². The number of carbonyl (C=O) groups is 1. The van der Waals surface area contributed by atoms with Crippen molar-refractivity contribution in [1.82, 2.24) is 0 Å². The zero-order valence-electron chi connectivity index (χ0n) is 6.98. The Labute approximate surface area is 78.5 Å². The minimum atomic E-state index is -1.60. The number of benzene rings is 1.